The quantitative estimate of drug-likeness (QED) is 0.841. The van der Waals surface area contributed by atoms with Crippen LogP contribution in [0.1, 0.15) is 32.4 Å². The normalized spacial score (nSPS) is 20.6. The number of nitrogens with zero attached hydrogens (tertiary/aromatic N) is 2. The molecule has 0 saturated carbocycles. The maximum Gasteiger partial charge on any atom is 0.325 e. The van der Waals surface area contributed by atoms with Crippen molar-refractivity contribution in [1.82, 2.24) is 10.2 Å². The molecule has 0 spiro atoms. The van der Waals surface area contributed by atoms with E-state index in [1.807, 2.05) is 24.3 Å². The predicted molar refractivity (Wildman–Crippen MR) is 89.4 cm³/mol. The molecule has 1 aliphatic heterocycles. The lowest BCUT2D eigenvalue weighted by atomic mass is 10.0. The largest absolute Gasteiger partial charge is 0.480 e. The van der Waals surface area contributed by atoms with Gasteiger partial charge in [0.05, 0.1) is 0 Å². The fourth-order valence-corrected chi connectivity index (χ4v) is 3.16. The third kappa shape index (κ3) is 3.78. The number of benzene rings is 1. The second kappa shape index (κ2) is 7.61. The molecule has 1 aromatic rings. The van der Waals surface area contributed by atoms with Crippen molar-refractivity contribution in [1.29, 1.82) is 0 Å². The molecule has 0 radical (unpaired) electrons. The maximum absolute atomic E-state index is 11.8. The molecular formula is C17H27N3O2. The van der Waals surface area contributed by atoms with E-state index in [0.717, 1.165) is 44.0 Å². The highest BCUT2D eigenvalue weighted by Gasteiger charge is 2.30. The van der Waals surface area contributed by atoms with Crippen LogP contribution in [0.4, 0.5) is 5.69 Å². The zero-order valence-corrected chi connectivity index (χ0v) is 13.7. The van der Waals surface area contributed by atoms with Gasteiger partial charge in [0.2, 0.25) is 0 Å². The van der Waals surface area contributed by atoms with Crippen LogP contribution in [0.5, 0.6) is 0 Å². The second-order valence-corrected chi connectivity index (χ2v) is 5.85. The van der Waals surface area contributed by atoms with E-state index in [0.29, 0.717) is 6.04 Å². The van der Waals surface area contributed by atoms with Crippen molar-refractivity contribution in [2.45, 2.75) is 32.9 Å². The number of carbonyl (C=O) groups is 1. The molecular weight excluding hydrogens is 278 g/mol. The molecule has 1 aliphatic rings. The first kappa shape index (κ1) is 16.8. The van der Waals surface area contributed by atoms with Crippen LogP contribution in [0.15, 0.2) is 24.3 Å². The molecule has 1 fully saturated rings. The molecule has 2 atom stereocenters. The van der Waals surface area contributed by atoms with Crippen LogP contribution in [-0.4, -0.2) is 54.7 Å². The zero-order valence-electron chi connectivity index (χ0n) is 13.7. The SMILES string of the molecule is CCN(CC)c1ccc(C(C(=O)O)N2CCNC(C)C2)cc1. The van der Waals surface area contributed by atoms with Gasteiger partial charge >= 0.3 is 5.97 Å². The molecule has 5 nitrogen and oxygen atoms in total. The van der Waals surface area contributed by atoms with Gasteiger partial charge in [-0.05, 0) is 38.5 Å². The monoisotopic (exact) mass is 305 g/mol. The average molecular weight is 305 g/mol. The third-order valence-electron chi connectivity index (χ3n) is 4.34. The Balaban J connectivity index is 2.20. The Morgan fingerprint density at radius 3 is 2.50 bits per heavy atom. The number of nitrogens with one attached hydrogen (secondary N) is 1. The standard InChI is InChI=1S/C17H27N3O2/c1-4-19(5-2)15-8-6-14(7-9-15)16(17(21)22)20-11-10-18-13(3)12-20/h6-9,13,16,18H,4-5,10-12H2,1-3H3,(H,21,22). The first-order chi connectivity index (χ1) is 10.6. The highest BCUT2D eigenvalue weighted by molar-refractivity contribution is 5.76. The van der Waals surface area contributed by atoms with Crippen LogP contribution in [0.25, 0.3) is 0 Å². The van der Waals surface area contributed by atoms with E-state index in [4.69, 9.17) is 0 Å². The number of anilines is 1. The zero-order chi connectivity index (χ0) is 16.1. The van der Waals surface area contributed by atoms with Gasteiger partial charge in [0, 0.05) is 44.5 Å². The molecule has 2 N–H and O–H groups in total. The number of rotatable bonds is 6. The second-order valence-electron chi connectivity index (χ2n) is 5.85. The number of piperazine rings is 1. The highest BCUT2D eigenvalue weighted by atomic mass is 16.4. The summed E-state index contributed by atoms with van der Waals surface area (Å²) in [6.45, 7) is 10.6. The number of carboxylic acids is 1. The minimum absolute atomic E-state index is 0.325. The van der Waals surface area contributed by atoms with Crippen molar-refractivity contribution in [2.75, 3.05) is 37.6 Å². The molecule has 1 saturated heterocycles. The lowest BCUT2D eigenvalue weighted by Crippen LogP contribution is -2.51. The van der Waals surface area contributed by atoms with Crippen LogP contribution in [-0.2, 0) is 4.79 Å². The maximum atomic E-state index is 11.8. The van der Waals surface area contributed by atoms with Gasteiger partial charge in [0.15, 0.2) is 0 Å². The van der Waals surface area contributed by atoms with Crippen molar-refractivity contribution in [2.24, 2.45) is 0 Å². The number of hydrogen-bond donors (Lipinski definition) is 2. The fourth-order valence-electron chi connectivity index (χ4n) is 3.16. The molecule has 0 aromatic heterocycles. The van der Waals surface area contributed by atoms with Crippen molar-refractivity contribution in [3.8, 4) is 0 Å². The molecule has 0 amide bonds. The molecule has 122 valence electrons. The summed E-state index contributed by atoms with van der Waals surface area (Å²) in [6.07, 6.45) is 0. The molecule has 0 bridgehead atoms. The average Bonchev–Trinajstić information content (AvgIpc) is 2.50. The first-order valence-electron chi connectivity index (χ1n) is 8.12. The topological polar surface area (TPSA) is 55.8 Å². The lowest BCUT2D eigenvalue weighted by molar-refractivity contribution is -0.144. The Morgan fingerprint density at radius 1 is 1.36 bits per heavy atom. The van der Waals surface area contributed by atoms with Gasteiger partial charge < -0.3 is 15.3 Å². The smallest absolute Gasteiger partial charge is 0.325 e. The Morgan fingerprint density at radius 2 is 2.00 bits per heavy atom. The summed E-state index contributed by atoms with van der Waals surface area (Å²) in [5, 5.41) is 13.0. The summed E-state index contributed by atoms with van der Waals surface area (Å²) in [5.41, 5.74) is 2.00. The highest BCUT2D eigenvalue weighted by Crippen LogP contribution is 2.25. The number of hydrogen-bond acceptors (Lipinski definition) is 4. The van der Waals surface area contributed by atoms with Crippen molar-refractivity contribution in [3.63, 3.8) is 0 Å². The van der Waals surface area contributed by atoms with Crippen LogP contribution in [0.3, 0.4) is 0 Å². The van der Waals surface area contributed by atoms with E-state index in [9.17, 15) is 9.90 Å². The van der Waals surface area contributed by atoms with Gasteiger partial charge in [-0.2, -0.15) is 0 Å². The van der Waals surface area contributed by atoms with Crippen molar-refractivity contribution >= 4 is 11.7 Å². The summed E-state index contributed by atoms with van der Waals surface area (Å²) in [5.74, 6) is -0.773. The third-order valence-corrected chi connectivity index (χ3v) is 4.34. The Labute approximate surface area is 132 Å². The molecule has 2 rings (SSSR count). The Bertz CT molecular complexity index is 485. The molecule has 1 heterocycles. The van der Waals surface area contributed by atoms with Gasteiger partial charge in [-0.15, -0.1) is 0 Å². The van der Waals surface area contributed by atoms with Gasteiger partial charge in [-0.3, -0.25) is 9.69 Å². The number of aliphatic carboxylic acids is 1. The van der Waals surface area contributed by atoms with Crippen molar-refractivity contribution in [3.05, 3.63) is 29.8 Å². The molecule has 22 heavy (non-hydrogen) atoms. The minimum Gasteiger partial charge on any atom is -0.480 e. The van der Waals surface area contributed by atoms with E-state index in [1.165, 1.54) is 0 Å². The van der Waals surface area contributed by atoms with Gasteiger partial charge in [0.1, 0.15) is 6.04 Å². The summed E-state index contributed by atoms with van der Waals surface area (Å²) >= 11 is 0. The van der Waals surface area contributed by atoms with E-state index in [1.54, 1.807) is 0 Å². The Kier molecular flexibility index (Phi) is 5.80. The number of carboxylic acid groups (broad SMARTS) is 1. The van der Waals surface area contributed by atoms with Crippen LogP contribution < -0.4 is 10.2 Å². The molecule has 5 heteroatoms. The van der Waals surface area contributed by atoms with Crippen LogP contribution in [0, 0.1) is 0 Å². The van der Waals surface area contributed by atoms with E-state index in [2.05, 4.69) is 35.9 Å². The van der Waals surface area contributed by atoms with E-state index >= 15 is 0 Å². The summed E-state index contributed by atoms with van der Waals surface area (Å²) in [6, 6.07) is 7.74. The summed E-state index contributed by atoms with van der Waals surface area (Å²) in [7, 11) is 0. The predicted octanol–water partition coefficient (Wildman–Crippen LogP) is 1.95. The summed E-state index contributed by atoms with van der Waals surface area (Å²) in [4.78, 5) is 16.1. The van der Waals surface area contributed by atoms with E-state index in [-0.39, 0.29) is 0 Å². The minimum atomic E-state index is -0.773. The van der Waals surface area contributed by atoms with Gasteiger partial charge in [-0.25, -0.2) is 0 Å². The summed E-state index contributed by atoms with van der Waals surface area (Å²) < 4.78 is 0. The van der Waals surface area contributed by atoms with Gasteiger partial charge in [0.25, 0.3) is 0 Å². The molecule has 1 aromatic carbocycles. The first-order valence-corrected chi connectivity index (χ1v) is 8.12. The molecule has 2 unspecified atom stereocenters. The lowest BCUT2D eigenvalue weighted by Gasteiger charge is -2.36. The Hall–Kier alpha value is -1.59. The van der Waals surface area contributed by atoms with Crippen molar-refractivity contribution < 1.29 is 9.90 Å². The van der Waals surface area contributed by atoms with Crippen LogP contribution in [0.2, 0.25) is 0 Å². The van der Waals surface area contributed by atoms with Crippen LogP contribution >= 0.6 is 0 Å². The van der Waals surface area contributed by atoms with E-state index < -0.39 is 12.0 Å². The van der Waals surface area contributed by atoms with Gasteiger partial charge in [-0.1, -0.05) is 12.1 Å². The fraction of sp³-hybridized carbons (Fsp3) is 0.588. The molecule has 0 aliphatic carbocycles.